The molecule has 0 bridgehead atoms. The van der Waals surface area contributed by atoms with Crippen molar-refractivity contribution in [3.05, 3.63) is 35.9 Å². The van der Waals surface area contributed by atoms with Crippen molar-refractivity contribution < 1.29 is 9.84 Å². The highest BCUT2D eigenvalue weighted by molar-refractivity contribution is 5.20. The lowest BCUT2D eigenvalue weighted by molar-refractivity contribution is 0.156. The van der Waals surface area contributed by atoms with Crippen LogP contribution in [0.3, 0.4) is 0 Å². The quantitative estimate of drug-likeness (QED) is 0.586. The Hall–Kier alpha value is -0.860. The molecule has 2 nitrogen and oxygen atoms in total. The Morgan fingerprint density at radius 1 is 1.20 bits per heavy atom. The molecule has 2 heteroatoms. The second-order valence-electron chi connectivity index (χ2n) is 2.36. The van der Waals surface area contributed by atoms with Crippen LogP contribution in [-0.4, -0.2) is 11.4 Å². The van der Waals surface area contributed by atoms with E-state index in [1.54, 1.807) is 0 Å². The summed E-state index contributed by atoms with van der Waals surface area (Å²) in [4.78, 5) is 0. The van der Waals surface area contributed by atoms with Gasteiger partial charge in [0.1, 0.15) is 6.10 Å². The Morgan fingerprint density at radius 2 is 1.80 bits per heavy atom. The fourth-order valence-electron chi connectivity index (χ4n) is 0.991. The lowest BCUT2D eigenvalue weighted by Gasteiger charge is -1.90. The number of benzene rings is 1. The van der Waals surface area contributed by atoms with E-state index in [9.17, 15) is 0 Å². The Balaban J connectivity index is 2.20. The molecule has 2 atom stereocenters. The molecule has 1 aliphatic heterocycles. The van der Waals surface area contributed by atoms with Crippen molar-refractivity contribution in [1.82, 2.24) is 0 Å². The zero-order valence-corrected chi connectivity index (χ0v) is 5.40. The van der Waals surface area contributed by atoms with Crippen molar-refractivity contribution in [2.24, 2.45) is 0 Å². The molecule has 1 heterocycles. The molecule has 1 aromatic carbocycles. The summed E-state index contributed by atoms with van der Waals surface area (Å²) in [7, 11) is 0. The first-order valence-electron chi connectivity index (χ1n) is 3.26. The van der Waals surface area contributed by atoms with Crippen LogP contribution in [0.5, 0.6) is 0 Å². The summed E-state index contributed by atoms with van der Waals surface area (Å²) >= 11 is 0. The SMILES string of the molecule is OC1OC1c1ccccc1. The van der Waals surface area contributed by atoms with Gasteiger partial charge in [-0.3, -0.25) is 0 Å². The van der Waals surface area contributed by atoms with E-state index in [4.69, 9.17) is 9.84 Å². The number of hydrogen-bond donors (Lipinski definition) is 1. The van der Waals surface area contributed by atoms with Gasteiger partial charge in [-0.15, -0.1) is 0 Å². The molecule has 0 spiro atoms. The average molecular weight is 136 g/mol. The lowest BCUT2D eigenvalue weighted by Crippen LogP contribution is -1.83. The molecule has 0 amide bonds. The molecule has 0 radical (unpaired) electrons. The maximum absolute atomic E-state index is 8.86. The third-order valence-corrected chi connectivity index (χ3v) is 1.60. The Morgan fingerprint density at radius 3 is 2.30 bits per heavy atom. The normalized spacial score (nSPS) is 30.1. The van der Waals surface area contributed by atoms with Crippen molar-refractivity contribution in [3.63, 3.8) is 0 Å². The van der Waals surface area contributed by atoms with Gasteiger partial charge in [0.15, 0.2) is 6.29 Å². The van der Waals surface area contributed by atoms with Gasteiger partial charge in [0, 0.05) is 0 Å². The number of aliphatic hydroxyl groups is 1. The summed E-state index contributed by atoms with van der Waals surface area (Å²) in [6.07, 6.45) is -0.636. The minimum absolute atomic E-state index is 0.0683. The highest BCUT2D eigenvalue weighted by atomic mass is 16.7. The summed E-state index contributed by atoms with van der Waals surface area (Å²) in [5.41, 5.74) is 1.05. The van der Waals surface area contributed by atoms with Crippen LogP contribution in [0.25, 0.3) is 0 Å². The Kier molecular flexibility index (Phi) is 1.22. The largest absolute Gasteiger partial charge is 0.366 e. The molecular weight excluding hydrogens is 128 g/mol. The van der Waals surface area contributed by atoms with Gasteiger partial charge in [-0.2, -0.15) is 0 Å². The van der Waals surface area contributed by atoms with Crippen molar-refractivity contribution in [2.75, 3.05) is 0 Å². The zero-order chi connectivity index (χ0) is 6.97. The van der Waals surface area contributed by atoms with Crippen LogP contribution in [0, 0.1) is 0 Å². The monoisotopic (exact) mass is 136 g/mol. The minimum Gasteiger partial charge on any atom is -0.366 e. The standard InChI is InChI=1S/C8H8O2/c9-8-7(10-8)6-4-2-1-3-5-6/h1-5,7-9H. The highest BCUT2D eigenvalue weighted by Crippen LogP contribution is 2.35. The number of aliphatic hydroxyl groups excluding tert-OH is 1. The molecule has 2 unspecified atom stereocenters. The van der Waals surface area contributed by atoms with E-state index in [-0.39, 0.29) is 6.10 Å². The van der Waals surface area contributed by atoms with E-state index in [1.165, 1.54) is 0 Å². The summed E-state index contributed by atoms with van der Waals surface area (Å²) in [5.74, 6) is 0. The second kappa shape index (κ2) is 2.08. The van der Waals surface area contributed by atoms with Crippen molar-refractivity contribution in [2.45, 2.75) is 12.4 Å². The minimum atomic E-state index is -0.567. The van der Waals surface area contributed by atoms with Gasteiger partial charge in [-0.1, -0.05) is 30.3 Å². The molecule has 0 saturated carbocycles. The van der Waals surface area contributed by atoms with Crippen LogP contribution in [0.4, 0.5) is 0 Å². The fourth-order valence-corrected chi connectivity index (χ4v) is 0.991. The van der Waals surface area contributed by atoms with Crippen LogP contribution < -0.4 is 0 Å². The van der Waals surface area contributed by atoms with Gasteiger partial charge in [-0.05, 0) is 5.56 Å². The smallest absolute Gasteiger partial charge is 0.186 e. The first kappa shape index (κ1) is 5.89. The number of rotatable bonds is 1. The van der Waals surface area contributed by atoms with Crippen molar-refractivity contribution in [1.29, 1.82) is 0 Å². The summed E-state index contributed by atoms with van der Waals surface area (Å²) < 4.78 is 4.86. The Bertz CT molecular complexity index is 220. The highest BCUT2D eigenvalue weighted by Gasteiger charge is 2.37. The van der Waals surface area contributed by atoms with Crippen LogP contribution in [0.1, 0.15) is 11.7 Å². The molecule has 52 valence electrons. The molecule has 1 aromatic rings. The molecule has 1 N–H and O–H groups in total. The van der Waals surface area contributed by atoms with Gasteiger partial charge in [0.05, 0.1) is 0 Å². The molecule has 1 fully saturated rings. The summed E-state index contributed by atoms with van der Waals surface area (Å²) in [6.45, 7) is 0. The van der Waals surface area contributed by atoms with Gasteiger partial charge in [0.25, 0.3) is 0 Å². The van der Waals surface area contributed by atoms with Gasteiger partial charge in [0.2, 0.25) is 0 Å². The maximum atomic E-state index is 8.86. The molecule has 2 rings (SSSR count). The fraction of sp³-hybridized carbons (Fsp3) is 0.250. The van der Waals surface area contributed by atoms with Gasteiger partial charge in [-0.25, -0.2) is 0 Å². The lowest BCUT2D eigenvalue weighted by atomic mass is 10.2. The van der Waals surface area contributed by atoms with E-state index in [1.807, 2.05) is 30.3 Å². The molecular formula is C8H8O2. The molecule has 0 aromatic heterocycles. The number of hydrogen-bond acceptors (Lipinski definition) is 2. The molecule has 0 aliphatic carbocycles. The Labute approximate surface area is 59.1 Å². The third kappa shape index (κ3) is 0.916. The van der Waals surface area contributed by atoms with Crippen LogP contribution >= 0.6 is 0 Å². The van der Waals surface area contributed by atoms with Crippen molar-refractivity contribution in [3.8, 4) is 0 Å². The van der Waals surface area contributed by atoms with Gasteiger partial charge >= 0.3 is 0 Å². The predicted molar refractivity (Wildman–Crippen MR) is 36.3 cm³/mol. The molecule has 10 heavy (non-hydrogen) atoms. The van der Waals surface area contributed by atoms with E-state index < -0.39 is 6.29 Å². The molecule has 1 aliphatic rings. The topological polar surface area (TPSA) is 32.8 Å². The zero-order valence-electron chi connectivity index (χ0n) is 5.40. The van der Waals surface area contributed by atoms with Gasteiger partial charge < -0.3 is 9.84 Å². The number of ether oxygens (including phenoxy) is 1. The first-order valence-corrected chi connectivity index (χ1v) is 3.26. The van der Waals surface area contributed by atoms with E-state index >= 15 is 0 Å². The first-order chi connectivity index (χ1) is 4.88. The van der Waals surface area contributed by atoms with E-state index in [0.29, 0.717) is 0 Å². The number of epoxide rings is 1. The average Bonchev–Trinajstić information content (AvgIpc) is 2.69. The molecule has 1 saturated heterocycles. The van der Waals surface area contributed by atoms with Crippen LogP contribution in [-0.2, 0) is 4.74 Å². The third-order valence-electron chi connectivity index (χ3n) is 1.60. The van der Waals surface area contributed by atoms with Crippen LogP contribution in [0.2, 0.25) is 0 Å². The maximum Gasteiger partial charge on any atom is 0.186 e. The second-order valence-corrected chi connectivity index (χ2v) is 2.36. The predicted octanol–water partition coefficient (Wildman–Crippen LogP) is 1.08. The summed E-state index contributed by atoms with van der Waals surface area (Å²) in [6, 6.07) is 9.70. The van der Waals surface area contributed by atoms with E-state index in [2.05, 4.69) is 0 Å². The summed E-state index contributed by atoms with van der Waals surface area (Å²) in [5, 5.41) is 8.86. The van der Waals surface area contributed by atoms with Crippen molar-refractivity contribution >= 4 is 0 Å². The van der Waals surface area contributed by atoms with E-state index in [0.717, 1.165) is 5.56 Å². The van der Waals surface area contributed by atoms with Crippen LogP contribution in [0.15, 0.2) is 30.3 Å².